The number of hydrogen-bond acceptors (Lipinski definition) is 5. The zero-order valence-electron chi connectivity index (χ0n) is 10.7. The van der Waals surface area contributed by atoms with Gasteiger partial charge in [0.15, 0.2) is 0 Å². The van der Waals surface area contributed by atoms with E-state index in [9.17, 15) is 14.3 Å². The van der Waals surface area contributed by atoms with Crippen molar-refractivity contribution in [1.82, 2.24) is 5.48 Å². The highest BCUT2D eigenvalue weighted by Crippen LogP contribution is 2.36. The Balaban J connectivity index is 2.27. The Hall–Kier alpha value is -1.20. The van der Waals surface area contributed by atoms with E-state index in [4.69, 9.17) is 0 Å². The number of hydrogen-bond donors (Lipinski definition) is 1. The van der Waals surface area contributed by atoms with Crippen molar-refractivity contribution in [3.8, 4) is 0 Å². The number of benzene rings is 1. The lowest BCUT2D eigenvalue weighted by Gasteiger charge is -2.21. The fraction of sp³-hybridized carbons (Fsp3) is 0.417. The number of hydroxylamine groups is 1. The van der Waals surface area contributed by atoms with E-state index in [0.717, 1.165) is 5.56 Å². The second-order valence-electron chi connectivity index (χ2n) is 3.88. The van der Waals surface area contributed by atoms with Crippen LogP contribution < -0.4 is 10.4 Å². The molecule has 0 spiro atoms. The molecule has 7 heteroatoms. The fourth-order valence-corrected chi connectivity index (χ4v) is 1.91. The van der Waals surface area contributed by atoms with Gasteiger partial charge in [-0.2, -0.15) is 0 Å². The van der Waals surface area contributed by atoms with Gasteiger partial charge in [0.2, 0.25) is 5.91 Å². The molecular weight excluding hydrogens is 269 g/mol. The molecule has 1 aromatic carbocycles. The zero-order valence-corrected chi connectivity index (χ0v) is 11.6. The van der Waals surface area contributed by atoms with Gasteiger partial charge in [-0.1, -0.05) is 37.3 Å². The first-order valence-electron chi connectivity index (χ1n) is 6.00. The smallest absolute Gasteiger partial charge is 0.290 e. The summed E-state index contributed by atoms with van der Waals surface area (Å²) in [5.41, 5.74) is 2.79. The molecule has 0 fully saturated rings. The normalized spacial score (nSPS) is 13.8. The van der Waals surface area contributed by atoms with E-state index >= 15 is 0 Å². The van der Waals surface area contributed by atoms with Gasteiger partial charge in [-0.3, -0.25) is 9.36 Å². The summed E-state index contributed by atoms with van der Waals surface area (Å²) in [7, 11) is -4.49. The van der Waals surface area contributed by atoms with Crippen LogP contribution in [0.1, 0.15) is 25.3 Å². The molecular formula is C12H17NO5P-. The van der Waals surface area contributed by atoms with Crippen molar-refractivity contribution in [3.05, 3.63) is 35.9 Å². The maximum atomic E-state index is 11.3. The van der Waals surface area contributed by atoms with Gasteiger partial charge in [0.25, 0.3) is 7.82 Å². The molecule has 1 amide bonds. The first kappa shape index (κ1) is 15.9. The predicted octanol–water partition coefficient (Wildman–Crippen LogP) is 1.56. The molecule has 0 aromatic heterocycles. The highest BCUT2D eigenvalue weighted by atomic mass is 31.2. The number of amides is 1. The molecule has 1 N–H and O–H groups in total. The maximum absolute atomic E-state index is 11.3. The standard InChI is InChI=1S/C12H18NO5P/c1-2-6-12(14)13-18-19(15,16)17-10-9-11-7-4-3-5-8-11/h3-5,7-8H,2,6,9-10H2,1H3,(H,13,14)(H,15,16)/p-1. The van der Waals surface area contributed by atoms with Crippen molar-refractivity contribution >= 4 is 13.7 Å². The molecule has 1 aromatic rings. The first-order chi connectivity index (χ1) is 9.03. The molecule has 106 valence electrons. The molecule has 0 heterocycles. The average Bonchev–Trinajstić information content (AvgIpc) is 2.38. The molecule has 0 saturated heterocycles. The van der Waals surface area contributed by atoms with E-state index in [1.165, 1.54) is 0 Å². The van der Waals surface area contributed by atoms with Crippen LogP contribution >= 0.6 is 7.82 Å². The number of rotatable bonds is 8. The summed E-state index contributed by atoms with van der Waals surface area (Å²) in [5.74, 6) is -0.495. The van der Waals surface area contributed by atoms with Crippen LogP contribution in [0.5, 0.6) is 0 Å². The maximum Gasteiger partial charge on any atom is 0.290 e. The monoisotopic (exact) mass is 286 g/mol. The Morgan fingerprint density at radius 2 is 2.05 bits per heavy atom. The zero-order chi connectivity index (χ0) is 14.1. The van der Waals surface area contributed by atoms with Crippen molar-refractivity contribution in [1.29, 1.82) is 0 Å². The van der Waals surface area contributed by atoms with Gasteiger partial charge >= 0.3 is 0 Å². The predicted molar refractivity (Wildman–Crippen MR) is 67.8 cm³/mol. The summed E-state index contributed by atoms with van der Waals surface area (Å²) >= 11 is 0. The lowest BCUT2D eigenvalue weighted by atomic mass is 10.2. The number of phosphoric ester groups is 1. The van der Waals surface area contributed by atoms with Crippen molar-refractivity contribution in [2.75, 3.05) is 6.61 Å². The van der Waals surface area contributed by atoms with Crippen molar-refractivity contribution < 1.29 is 23.4 Å². The topological polar surface area (TPSA) is 87.7 Å². The number of carbonyl (C=O) groups is 1. The van der Waals surface area contributed by atoms with Crippen LogP contribution in [0.3, 0.4) is 0 Å². The Kier molecular flexibility index (Phi) is 6.73. The third kappa shape index (κ3) is 7.08. The average molecular weight is 286 g/mol. The summed E-state index contributed by atoms with van der Waals surface area (Å²) in [4.78, 5) is 22.3. The van der Waals surface area contributed by atoms with Gasteiger partial charge in [0.1, 0.15) is 0 Å². The summed E-state index contributed by atoms with van der Waals surface area (Å²) in [6.07, 6.45) is 1.25. The van der Waals surface area contributed by atoms with E-state index < -0.39 is 13.7 Å². The largest absolute Gasteiger partial charge is 0.755 e. The molecule has 0 radical (unpaired) electrons. The minimum Gasteiger partial charge on any atom is -0.755 e. The van der Waals surface area contributed by atoms with Crippen molar-refractivity contribution in [3.63, 3.8) is 0 Å². The van der Waals surface area contributed by atoms with Gasteiger partial charge in [-0.25, -0.2) is 10.1 Å². The molecule has 0 aliphatic carbocycles. The lowest BCUT2D eigenvalue weighted by Crippen LogP contribution is -2.25. The summed E-state index contributed by atoms with van der Waals surface area (Å²) in [5, 5.41) is 0. The molecule has 1 rings (SSSR count). The number of phosphoric acid groups is 1. The molecule has 0 saturated carbocycles. The van der Waals surface area contributed by atoms with Crippen LogP contribution in [-0.4, -0.2) is 12.5 Å². The minimum atomic E-state index is -4.49. The number of carbonyl (C=O) groups excluding carboxylic acids is 1. The van der Waals surface area contributed by atoms with Crippen LogP contribution in [-0.2, 0) is 24.9 Å². The Morgan fingerprint density at radius 1 is 1.37 bits per heavy atom. The molecule has 1 unspecified atom stereocenters. The van der Waals surface area contributed by atoms with Gasteiger partial charge in [-0.05, 0) is 18.4 Å². The Bertz CT molecular complexity index is 437. The molecule has 0 bridgehead atoms. The molecule has 0 aliphatic heterocycles. The van der Waals surface area contributed by atoms with E-state index in [0.29, 0.717) is 12.8 Å². The van der Waals surface area contributed by atoms with Crippen LogP contribution in [0.4, 0.5) is 0 Å². The third-order valence-corrected chi connectivity index (χ3v) is 3.05. The first-order valence-corrected chi connectivity index (χ1v) is 7.46. The van der Waals surface area contributed by atoms with E-state index in [1.807, 2.05) is 35.8 Å². The second kappa shape index (κ2) is 8.07. The van der Waals surface area contributed by atoms with Crippen molar-refractivity contribution in [2.45, 2.75) is 26.2 Å². The second-order valence-corrected chi connectivity index (χ2v) is 5.22. The Labute approximate surface area is 112 Å². The van der Waals surface area contributed by atoms with Crippen LogP contribution in [0.25, 0.3) is 0 Å². The van der Waals surface area contributed by atoms with Crippen molar-refractivity contribution in [2.24, 2.45) is 0 Å². The SMILES string of the molecule is CCCC(=O)NOP(=O)([O-])OCCc1ccccc1. The third-order valence-electron chi connectivity index (χ3n) is 2.23. The molecule has 1 atom stereocenters. The van der Waals surface area contributed by atoms with Gasteiger partial charge in [0.05, 0.1) is 6.61 Å². The van der Waals surface area contributed by atoms with Crippen LogP contribution in [0.15, 0.2) is 30.3 Å². The quantitative estimate of drug-likeness (QED) is 0.579. The summed E-state index contributed by atoms with van der Waals surface area (Å²) in [6, 6.07) is 9.31. The van der Waals surface area contributed by atoms with Crippen LogP contribution in [0, 0.1) is 0 Å². The van der Waals surface area contributed by atoms with E-state index in [-0.39, 0.29) is 13.0 Å². The molecule has 0 aliphatic rings. The molecule has 19 heavy (non-hydrogen) atoms. The highest BCUT2D eigenvalue weighted by molar-refractivity contribution is 7.45. The van der Waals surface area contributed by atoms with E-state index in [1.54, 1.807) is 6.92 Å². The fourth-order valence-electron chi connectivity index (χ4n) is 1.33. The summed E-state index contributed by atoms with van der Waals surface area (Å²) < 4.78 is 20.2. The van der Waals surface area contributed by atoms with Gasteiger partial charge in [0, 0.05) is 6.42 Å². The highest BCUT2D eigenvalue weighted by Gasteiger charge is 2.11. The summed E-state index contributed by atoms with van der Waals surface area (Å²) in [6.45, 7) is 1.77. The van der Waals surface area contributed by atoms with Gasteiger partial charge < -0.3 is 9.42 Å². The molecule has 6 nitrogen and oxygen atoms in total. The lowest BCUT2D eigenvalue weighted by molar-refractivity contribution is -0.231. The van der Waals surface area contributed by atoms with E-state index in [2.05, 4.69) is 9.15 Å². The van der Waals surface area contributed by atoms with Crippen LogP contribution in [0.2, 0.25) is 0 Å². The Morgan fingerprint density at radius 3 is 2.68 bits per heavy atom. The number of nitrogens with one attached hydrogen (secondary N) is 1. The van der Waals surface area contributed by atoms with Gasteiger partial charge in [-0.15, -0.1) is 0 Å². The minimum absolute atomic E-state index is 0.0333.